The van der Waals surface area contributed by atoms with E-state index in [9.17, 15) is 18.8 Å². The van der Waals surface area contributed by atoms with E-state index >= 15 is 8.78 Å². The van der Waals surface area contributed by atoms with E-state index in [2.05, 4.69) is 0 Å². The molecule has 5 rings (SSSR count). The van der Waals surface area contributed by atoms with E-state index in [0.29, 0.717) is 37.2 Å². The van der Waals surface area contributed by atoms with E-state index in [0.717, 1.165) is 12.1 Å². The van der Waals surface area contributed by atoms with Gasteiger partial charge in [0.1, 0.15) is 41.5 Å². The number of fused-ring (bicyclic) bond motifs is 1. The van der Waals surface area contributed by atoms with Crippen LogP contribution in [0.2, 0.25) is 0 Å². The van der Waals surface area contributed by atoms with Crippen molar-refractivity contribution in [2.75, 3.05) is 18.0 Å². The smallest absolute Gasteiger partial charge is 0.306 e. The first kappa shape index (κ1) is 35.6. The second-order valence-corrected chi connectivity index (χ2v) is 14.3. The molecule has 0 aromatic heterocycles. The second kappa shape index (κ2) is 14.8. The monoisotopic (exact) mass is 694 g/mol. The number of benzene rings is 3. The molecule has 2 amide bonds. The number of carbonyl (C=O) groups is 3. The number of nitrogens with zero attached hydrogens (tertiary/aromatic N) is 3. The molecule has 0 unspecified atom stereocenters. The zero-order chi connectivity index (χ0) is 35.5. The molecular weight excluding hydrogens is 657 g/mol. The lowest BCUT2D eigenvalue weighted by Crippen LogP contribution is -2.45. The van der Waals surface area contributed by atoms with Gasteiger partial charge in [-0.15, -0.1) is 11.8 Å². The third-order valence-electron chi connectivity index (χ3n) is 8.34. The molecule has 13 heteroatoms. The third kappa shape index (κ3) is 8.48. The van der Waals surface area contributed by atoms with Crippen molar-refractivity contribution in [3.8, 4) is 11.8 Å². The number of piperidine rings is 1. The molecule has 1 fully saturated rings. The van der Waals surface area contributed by atoms with E-state index in [1.54, 1.807) is 51.1 Å². The summed E-state index contributed by atoms with van der Waals surface area (Å²) in [5.74, 6) is -3.19. The van der Waals surface area contributed by atoms with Crippen LogP contribution in [-0.4, -0.2) is 52.7 Å². The summed E-state index contributed by atoms with van der Waals surface area (Å²) in [4.78, 5) is 41.2. The van der Waals surface area contributed by atoms with Crippen LogP contribution in [0, 0.1) is 28.8 Å². The lowest BCUT2D eigenvalue weighted by atomic mass is 10.1. The summed E-state index contributed by atoms with van der Waals surface area (Å²) in [5, 5.41) is 8.97. The molecule has 2 aliphatic heterocycles. The molecule has 9 nitrogen and oxygen atoms in total. The molecule has 3 aromatic rings. The van der Waals surface area contributed by atoms with Crippen LogP contribution in [0.25, 0.3) is 0 Å². The Morgan fingerprint density at radius 2 is 1.80 bits per heavy atom. The van der Waals surface area contributed by atoms with E-state index in [1.807, 2.05) is 11.0 Å². The van der Waals surface area contributed by atoms with Crippen molar-refractivity contribution in [2.24, 2.45) is 5.73 Å². The molecule has 258 valence electrons. The zero-order valence-corrected chi connectivity index (χ0v) is 28.2. The highest BCUT2D eigenvalue weighted by atomic mass is 32.2. The maximum absolute atomic E-state index is 15.2. The van der Waals surface area contributed by atoms with Crippen molar-refractivity contribution in [2.45, 2.75) is 81.4 Å². The fourth-order valence-electron chi connectivity index (χ4n) is 5.96. The maximum atomic E-state index is 15.2. The summed E-state index contributed by atoms with van der Waals surface area (Å²) in [6, 6.07) is 12.2. The highest BCUT2D eigenvalue weighted by molar-refractivity contribution is 8.00. The Morgan fingerprint density at radius 1 is 1.06 bits per heavy atom. The van der Waals surface area contributed by atoms with Gasteiger partial charge in [0.05, 0.1) is 23.9 Å². The molecule has 2 aliphatic rings. The Bertz CT molecular complexity index is 1800. The Kier molecular flexibility index (Phi) is 10.8. The summed E-state index contributed by atoms with van der Waals surface area (Å²) in [7, 11) is 0. The fraction of sp³-hybridized carbons (Fsp3) is 0.389. The van der Waals surface area contributed by atoms with Gasteiger partial charge in [0.15, 0.2) is 0 Å². The number of ether oxygens (including phenoxy) is 2. The second-order valence-electron chi connectivity index (χ2n) is 13.0. The zero-order valence-electron chi connectivity index (χ0n) is 27.4. The van der Waals surface area contributed by atoms with Crippen molar-refractivity contribution in [1.82, 2.24) is 4.90 Å². The number of thioether (sulfide) groups is 1. The number of amides is 2. The first-order chi connectivity index (χ1) is 23.2. The molecular formula is C36H37F3N4O5S. The molecule has 0 radical (unpaired) electrons. The Labute approximate surface area is 287 Å². The van der Waals surface area contributed by atoms with Crippen molar-refractivity contribution in [1.29, 1.82) is 5.26 Å². The first-order valence-electron chi connectivity index (χ1n) is 15.9. The predicted octanol–water partition coefficient (Wildman–Crippen LogP) is 6.25. The largest absolute Gasteiger partial charge is 0.488 e. The van der Waals surface area contributed by atoms with Gasteiger partial charge in [-0.25, -0.2) is 13.2 Å². The SMILES string of the molecule is CC(C)(C)OC(=O)CC[C@@H](C(N)=O)N1Cc2c(OCc3cc(F)c(SC4CCN(c5ccc(C#N)cc5F)CC4)cc3F)cccc2C1=O. The van der Waals surface area contributed by atoms with Gasteiger partial charge >= 0.3 is 5.97 Å². The maximum Gasteiger partial charge on any atom is 0.306 e. The fourth-order valence-corrected chi connectivity index (χ4v) is 7.11. The highest BCUT2D eigenvalue weighted by Gasteiger charge is 2.37. The molecule has 2 N–H and O–H groups in total. The van der Waals surface area contributed by atoms with Crippen LogP contribution in [-0.2, 0) is 27.5 Å². The quantitative estimate of drug-likeness (QED) is 0.234. The number of esters is 1. The van der Waals surface area contributed by atoms with Gasteiger partial charge in [0.25, 0.3) is 5.91 Å². The van der Waals surface area contributed by atoms with E-state index < -0.39 is 46.9 Å². The molecule has 0 saturated carbocycles. The molecule has 0 bridgehead atoms. The lowest BCUT2D eigenvalue weighted by molar-refractivity contribution is -0.155. The Hall–Kier alpha value is -4.70. The minimum atomic E-state index is -1.07. The molecule has 3 aromatic carbocycles. The number of anilines is 1. The van der Waals surface area contributed by atoms with Crippen LogP contribution >= 0.6 is 11.8 Å². The predicted molar refractivity (Wildman–Crippen MR) is 177 cm³/mol. The normalized spacial score (nSPS) is 15.5. The minimum absolute atomic E-state index is 0.00514. The topological polar surface area (TPSA) is 126 Å². The highest BCUT2D eigenvalue weighted by Crippen LogP contribution is 2.37. The minimum Gasteiger partial charge on any atom is -0.488 e. The van der Waals surface area contributed by atoms with Gasteiger partial charge < -0.3 is 25.0 Å². The van der Waals surface area contributed by atoms with Crippen molar-refractivity contribution >= 4 is 35.2 Å². The Morgan fingerprint density at radius 3 is 2.45 bits per heavy atom. The number of nitriles is 1. The van der Waals surface area contributed by atoms with E-state index in [1.165, 1.54) is 22.7 Å². The van der Waals surface area contributed by atoms with Gasteiger partial charge in [0, 0.05) is 46.3 Å². The molecule has 2 heterocycles. The van der Waals surface area contributed by atoms with Gasteiger partial charge in [-0.05, 0) is 82.5 Å². The first-order valence-corrected chi connectivity index (χ1v) is 16.8. The van der Waals surface area contributed by atoms with Gasteiger partial charge in [-0.2, -0.15) is 5.26 Å². The summed E-state index contributed by atoms with van der Waals surface area (Å²) in [6.07, 6.45) is 1.11. The third-order valence-corrected chi connectivity index (χ3v) is 9.71. The van der Waals surface area contributed by atoms with Crippen LogP contribution in [0.5, 0.6) is 5.75 Å². The number of halogens is 3. The van der Waals surface area contributed by atoms with Crippen molar-refractivity contribution in [3.05, 3.63) is 88.2 Å². The molecule has 1 atom stereocenters. The van der Waals surface area contributed by atoms with Crippen LogP contribution in [0.15, 0.2) is 53.4 Å². The standard InChI is InChI=1S/C36H37F3N4O5S/c1-36(2,3)48-33(44)10-9-30(34(41)45)43-19-25-24(35(43)46)5-4-6-31(25)47-20-22-16-28(39)32(17-26(22)37)49-23-11-13-42(14-12-23)29-8-7-21(18-40)15-27(29)38/h4-8,15-17,23,30H,9-14,19-20H2,1-3H3,(H2,41,45)/t30-/m0/s1. The van der Waals surface area contributed by atoms with Gasteiger partial charge in [-0.3, -0.25) is 14.4 Å². The van der Waals surface area contributed by atoms with Crippen LogP contribution in [0.1, 0.15) is 73.5 Å². The van der Waals surface area contributed by atoms with Gasteiger partial charge in [0.2, 0.25) is 5.91 Å². The molecule has 49 heavy (non-hydrogen) atoms. The summed E-state index contributed by atoms with van der Waals surface area (Å²) in [5.41, 5.74) is 6.32. The van der Waals surface area contributed by atoms with E-state index in [-0.39, 0.29) is 58.6 Å². The summed E-state index contributed by atoms with van der Waals surface area (Å²) >= 11 is 1.24. The molecule has 0 spiro atoms. The summed E-state index contributed by atoms with van der Waals surface area (Å²) < 4.78 is 56.1. The van der Waals surface area contributed by atoms with Crippen molar-refractivity contribution < 1.29 is 37.0 Å². The number of nitrogens with two attached hydrogens (primary N) is 1. The number of hydrogen-bond acceptors (Lipinski definition) is 8. The number of rotatable bonds is 11. The number of hydrogen-bond donors (Lipinski definition) is 1. The van der Waals surface area contributed by atoms with Gasteiger partial charge in [-0.1, -0.05) is 6.07 Å². The Balaban J connectivity index is 1.20. The average molecular weight is 695 g/mol. The van der Waals surface area contributed by atoms with Crippen LogP contribution < -0.4 is 15.4 Å². The number of carbonyl (C=O) groups excluding carboxylic acids is 3. The van der Waals surface area contributed by atoms with Crippen molar-refractivity contribution in [3.63, 3.8) is 0 Å². The van der Waals surface area contributed by atoms with Crippen LogP contribution in [0.4, 0.5) is 18.9 Å². The van der Waals surface area contributed by atoms with E-state index in [4.69, 9.17) is 20.5 Å². The number of primary amides is 1. The molecule has 0 aliphatic carbocycles. The lowest BCUT2D eigenvalue weighted by Gasteiger charge is -2.33. The average Bonchev–Trinajstić information content (AvgIpc) is 3.37. The summed E-state index contributed by atoms with van der Waals surface area (Å²) in [6.45, 7) is 5.90. The van der Waals surface area contributed by atoms with Crippen LogP contribution in [0.3, 0.4) is 0 Å². The molecule has 1 saturated heterocycles.